The molecule has 0 fully saturated rings. The second kappa shape index (κ2) is 6.99. The fraction of sp³-hybridized carbons (Fsp3) is 1.00. The first-order valence-corrected chi connectivity index (χ1v) is 3.69. The van der Waals surface area contributed by atoms with Crippen molar-refractivity contribution in [3.63, 3.8) is 0 Å². The molecule has 0 bridgehead atoms. The van der Waals surface area contributed by atoms with E-state index < -0.39 is 0 Å². The zero-order valence-electron chi connectivity index (χ0n) is 6.76. The smallest absolute Gasteiger partial charge is 0.0785 e. The van der Waals surface area contributed by atoms with Gasteiger partial charge in [0.1, 0.15) is 0 Å². The first kappa shape index (κ1) is 9.88. The molecule has 0 heterocycles. The molecule has 3 heteroatoms. The fourth-order valence-electron chi connectivity index (χ4n) is 0.721. The molecular formula is C7H17NO2. The second-order valence-corrected chi connectivity index (χ2v) is 2.25. The molecule has 0 saturated carbocycles. The van der Waals surface area contributed by atoms with Gasteiger partial charge in [-0.3, -0.25) is 0 Å². The van der Waals surface area contributed by atoms with Crippen LogP contribution in [0.1, 0.15) is 13.3 Å². The molecule has 0 aromatic carbocycles. The lowest BCUT2D eigenvalue weighted by atomic mass is 10.3. The Labute approximate surface area is 62.4 Å². The maximum atomic E-state index is 9.11. The molecule has 1 atom stereocenters. The Bertz CT molecular complexity index is 68.6. The lowest BCUT2D eigenvalue weighted by Crippen LogP contribution is -2.22. The van der Waals surface area contributed by atoms with Crippen LogP contribution in [-0.4, -0.2) is 38.0 Å². The van der Waals surface area contributed by atoms with Crippen molar-refractivity contribution in [2.75, 3.05) is 26.8 Å². The highest BCUT2D eigenvalue weighted by atomic mass is 16.5. The van der Waals surface area contributed by atoms with E-state index in [0.717, 1.165) is 19.5 Å². The van der Waals surface area contributed by atoms with Crippen molar-refractivity contribution in [2.45, 2.75) is 19.4 Å². The molecule has 0 aliphatic carbocycles. The molecule has 0 saturated heterocycles. The monoisotopic (exact) mass is 147 g/mol. The number of rotatable bonds is 6. The standard InChI is InChI=1S/C7H17NO2/c1-3-8-5-4-7(9)6-10-2/h7-9H,3-6H2,1-2H3. The van der Waals surface area contributed by atoms with Crippen LogP contribution in [0.5, 0.6) is 0 Å². The average Bonchev–Trinajstić information content (AvgIpc) is 1.89. The van der Waals surface area contributed by atoms with E-state index in [4.69, 9.17) is 9.84 Å². The number of hydrogen-bond donors (Lipinski definition) is 2. The van der Waals surface area contributed by atoms with Crippen molar-refractivity contribution in [1.29, 1.82) is 0 Å². The van der Waals surface area contributed by atoms with Crippen LogP contribution in [0.2, 0.25) is 0 Å². The molecule has 0 aromatic rings. The number of nitrogens with one attached hydrogen (secondary N) is 1. The number of ether oxygens (including phenoxy) is 1. The Morgan fingerprint density at radius 1 is 1.60 bits per heavy atom. The van der Waals surface area contributed by atoms with Crippen molar-refractivity contribution < 1.29 is 9.84 Å². The molecule has 0 spiro atoms. The third-order valence-electron chi connectivity index (χ3n) is 1.26. The van der Waals surface area contributed by atoms with Gasteiger partial charge in [0.2, 0.25) is 0 Å². The number of aliphatic hydroxyl groups is 1. The van der Waals surface area contributed by atoms with E-state index >= 15 is 0 Å². The van der Waals surface area contributed by atoms with E-state index in [1.54, 1.807) is 7.11 Å². The highest BCUT2D eigenvalue weighted by molar-refractivity contribution is 4.55. The van der Waals surface area contributed by atoms with Gasteiger partial charge in [0.15, 0.2) is 0 Å². The summed E-state index contributed by atoms with van der Waals surface area (Å²) in [5.41, 5.74) is 0. The Kier molecular flexibility index (Phi) is 6.91. The van der Waals surface area contributed by atoms with Crippen LogP contribution < -0.4 is 5.32 Å². The van der Waals surface area contributed by atoms with E-state index in [0.29, 0.717) is 6.61 Å². The predicted molar refractivity (Wildman–Crippen MR) is 41.0 cm³/mol. The highest BCUT2D eigenvalue weighted by Crippen LogP contribution is 1.88. The molecule has 0 rings (SSSR count). The van der Waals surface area contributed by atoms with Gasteiger partial charge in [0.05, 0.1) is 12.7 Å². The average molecular weight is 147 g/mol. The molecule has 3 nitrogen and oxygen atoms in total. The maximum Gasteiger partial charge on any atom is 0.0785 e. The Morgan fingerprint density at radius 2 is 2.30 bits per heavy atom. The quantitative estimate of drug-likeness (QED) is 0.519. The molecule has 0 radical (unpaired) electrons. The van der Waals surface area contributed by atoms with Gasteiger partial charge in [-0.2, -0.15) is 0 Å². The van der Waals surface area contributed by atoms with E-state index in [9.17, 15) is 0 Å². The summed E-state index contributed by atoms with van der Waals surface area (Å²) in [6.07, 6.45) is 0.450. The summed E-state index contributed by atoms with van der Waals surface area (Å²) in [6, 6.07) is 0. The molecule has 0 amide bonds. The third kappa shape index (κ3) is 6.01. The molecule has 0 aliphatic heterocycles. The zero-order chi connectivity index (χ0) is 7.82. The van der Waals surface area contributed by atoms with Gasteiger partial charge < -0.3 is 15.2 Å². The normalized spacial score (nSPS) is 13.5. The lowest BCUT2D eigenvalue weighted by Gasteiger charge is -2.08. The number of hydrogen-bond acceptors (Lipinski definition) is 3. The summed E-state index contributed by atoms with van der Waals surface area (Å²) in [4.78, 5) is 0. The Balaban J connectivity index is 2.97. The van der Waals surface area contributed by atoms with Crippen LogP contribution in [0.4, 0.5) is 0 Å². The Morgan fingerprint density at radius 3 is 2.80 bits per heavy atom. The summed E-state index contributed by atoms with van der Waals surface area (Å²) in [5.74, 6) is 0. The van der Waals surface area contributed by atoms with Crippen LogP contribution in [0.25, 0.3) is 0 Å². The molecule has 0 aliphatic rings. The Hall–Kier alpha value is -0.120. The summed E-state index contributed by atoms with van der Waals surface area (Å²) in [6.45, 7) is 4.30. The first-order chi connectivity index (χ1) is 4.81. The van der Waals surface area contributed by atoms with E-state index in [1.807, 2.05) is 6.92 Å². The largest absolute Gasteiger partial charge is 0.391 e. The predicted octanol–water partition coefficient (Wildman–Crippen LogP) is -0.00670. The van der Waals surface area contributed by atoms with Crippen LogP contribution in [0.15, 0.2) is 0 Å². The van der Waals surface area contributed by atoms with Gasteiger partial charge in [0.25, 0.3) is 0 Å². The third-order valence-corrected chi connectivity index (χ3v) is 1.26. The van der Waals surface area contributed by atoms with E-state index in [-0.39, 0.29) is 6.10 Å². The van der Waals surface area contributed by atoms with Gasteiger partial charge >= 0.3 is 0 Å². The minimum absolute atomic E-state index is 0.316. The van der Waals surface area contributed by atoms with Crippen molar-refractivity contribution in [1.82, 2.24) is 5.32 Å². The van der Waals surface area contributed by atoms with Gasteiger partial charge in [-0.05, 0) is 19.5 Å². The minimum Gasteiger partial charge on any atom is -0.391 e. The topological polar surface area (TPSA) is 41.5 Å². The highest BCUT2D eigenvalue weighted by Gasteiger charge is 2.00. The van der Waals surface area contributed by atoms with Crippen LogP contribution in [-0.2, 0) is 4.74 Å². The maximum absolute atomic E-state index is 9.11. The molecule has 62 valence electrons. The number of methoxy groups -OCH3 is 1. The van der Waals surface area contributed by atoms with Crippen molar-refractivity contribution in [2.24, 2.45) is 0 Å². The van der Waals surface area contributed by atoms with Gasteiger partial charge in [-0.1, -0.05) is 6.92 Å². The van der Waals surface area contributed by atoms with Crippen LogP contribution >= 0.6 is 0 Å². The SMILES string of the molecule is CCNCCC(O)COC. The summed E-state index contributed by atoms with van der Waals surface area (Å²) in [7, 11) is 1.59. The van der Waals surface area contributed by atoms with E-state index in [1.165, 1.54) is 0 Å². The fourth-order valence-corrected chi connectivity index (χ4v) is 0.721. The molecule has 10 heavy (non-hydrogen) atoms. The molecular weight excluding hydrogens is 130 g/mol. The number of aliphatic hydroxyl groups excluding tert-OH is 1. The van der Waals surface area contributed by atoms with Gasteiger partial charge in [-0.25, -0.2) is 0 Å². The zero-order valence-corrected chi connectivity index (χ0v) is 6.76. The van der Waals surface area contributed by atoms with Crippen LogP contribution in [0, 0.1) is 0 Å². The minimum atomic E-state index is -0.316. The van der Waals surface area contributed by atoms with Crippen molar-refractivity contribution in [3.05, 3.63) is 0 Å². The van der Waals surface area contributed by atoms with Crippen LogP contribution in [0.3, 0.4) is 0 Å². The first-order valence-electron chi connectivity index (χ1n) is 3.69. The molecule has 2 N–H and O–H groups in total. The second-order valence-electron chi connectivity index (χ2n) is 2.25. The summed E-state index contributed by atoms with van der Waals surface area (Å²) in [5, 5.41) is 12.2. The molecule has 1 unspecified atom stereocenters. The van der Waals surface area contributed by atoms with Gasteiger partial charge in [-0.15, -0.1) is 0 Å². The molecule has 0 aromatic heterocycles. The van der Waals surface area contributed by atoms with E-state index in [2.05, 4.69) is 5.32 Å². The summed E-state index contributed by atoms with van der Waals surface area (Å²) < 4.78 is 4.76. The van der Waals surface area contributed by atoms with Crippen molar-refractivity contribution >= 4 is 0 Å². The van der Waals surface area contributed by atoms with Crippen molar-refractivity contribution in [3.8, 4) is 0 Å². The van der Waals surface area contributed by atoms with Gasteiger partial charge in [0, 0.05) is 7.11 Å². The summed E-state index contributed by atoms with van der Waals surface area (Å²) >= 11 is 0. The lowest BCUT2D eigenvalue weighted by molar-refractivity contribution is 0.0595.